The van der Waals surface area contributed by atoms with Gasteiger partial charge < -0.3 is 18.9 Å². The SMILES string of the molecule is CCOC(=O)/C=C\[C@@H]1OC(C)(C)O[C@@H]1/C=C/C(=O)OCC. The van der Waals surface area contributed by atoms with Crippen LogP contribution in [0.15, 0.2) is 24.3 Å². The topological polar surface area (TPSA) is 71.1 Å². The molecule has 0 aliphatic carbocycles. The van der Waals surface area contributed by atoms with Crippen LogP contribution in [0.25, 0.3) is 0 Å². The van der Waals surface area contributed by atoms with E-state index >= 15 is 0 Å². The van der Waals surface area contributed by atoms with Gasteiger partial charge in [0.2, 0.25) is 0 Å². The van der Waals surface area contributed by atoms with E-state index < -0.39 is 29.9 Å². The molecule has 0 spiro atoms. The van der Waals surface area contributed by atoms with Gasteiger partial charge in [0.25, 0.3) is 0 Å². The molecule has 0 bridgehead atoms. The van der Waals surface area contributed by atoms with Crippen molar-refractivity contribution < 1.29 is 28.5 Å². The van der Waals surface area contributed by atoms with Crippen LogP contribution in [0.4, 0.5) is 0 Å². The molecule has 0 saturated carbocycles. The van der Waals surface area contributed by atoms with Gasteiger partial charge in [-0.15, -0.1) is 0 Å². The molecule has 1 aliphatic rings. The Labute approximate surface area is 124 Å². The highest BCUT2D eigenvalue weighted by atomic mass is 16.7. The summed E-state index contributed by atoms with van der Waals surface area (Å²) in [6.07, 6.45) is 4.76. The maximum absolute atomic E-state index is 11.3. The number of carbonyl (C=O) groups excluding carboxylic acids is 2. The van der Waals surface area contributed by atoms with Crippen LogP contribution in [0.3, 0.4) is 0 Å². The van der Waals surface area contributed by atoms with Crippen LogP contribution in [0, 0.1) is 0 Å². The van der Waals surface area contributed by atoms with E-state index in [1.165, 1.54) is 12.2 Å². The first-order valence-electron chi connectivity index (χ1n) is 6.93. The van der Waals surface area contributed by atoms with Gasteiger partial charge in [0, 0.05) is 12.2 Å². The summed E-state index contributed by atoms with van der Waals surface area (Å²) < 4.78 is 20.9. The largest absolute Gasteiger partial charge is 0.463 e. The summed E-state index contributed by atoms with van der Waals surface area (Å²) in [5.74, 6) is -1.69. The molecule has 2 atom stereocenters. The zero-order chi connectivity index (χ0) is 15.9. The quantitative estimate of drug-likeness (QED) is 0.549. The Hall–Kier alpha value is -1.66. The van der Waals surface area contributed by atoms with Crippen molar-refractivity contribution in [2.75, 3.05) is 13.2 Å². The summed E-state index contributed by atoms with van der Waals surface area (Å²) >= 11 is 0. The van der Waals surface area contributed by atoms with Gasteiger partial charge in [-0.1, -0.05) is 0 Å². The molecular formula is C15H22O6. The van der Waals surface area contributed by atoms with Crippen LogP contribution in [0.5, 0.6) is 0 Å². The van der Waals surface area contributed by atoms with E-state index in [1.54, 1.807) is 39.8 Å². The molecule has 6 nitrogen and oxygen atoms in total. The average molecular weight is 298 g/mol. The Balaban J connectivity index is 2.70. The van der Waals surface area contributed by atoms with E-state index in [1.807, 2.05) is 0 Å². The molecule has 0 aromatic rings. The lowest BCUT2D eigenvalue weighted by Gasteiger charge is -2.15. The fourth-order valence-corrected chi connectivity index (χ4v) is 1.84. The highest BCUT2D eigenvalue weighted by molar-refractivity contribution is 5.82. The number of carbonyl (C=O) groups is 2. The number of ether oxygens (including phenoxy) is 4. The van der Waals surface area contributed by atoms with Crippen LogP contribution >= 0.6 is 0 Å². The predicted octanol–water partition coefficient (Wildman–Crippen LogP) is 1.75. The molecule has 118 valence electrons. The zero-order valence-electron chi connectivity index (χ0n) is 12.8. The molecule has 0 aromatic carbocycles. The fourth-order valence-electron chi connectivity index (χ4n) is 1.84. The van der Waals surface area contributed by atoms with E-state index in [2.05, 4.69) is 0 Å². The lowest BCUT2D eigenvalue weighted by Crippen LogP contribution is -2.21. The Bertz CT molecular complexity index is 386. The predicted molar refractivity (Wildman–Crippen MR) is 75.4 cm³/mol. The second-order valence-electron chi connectivity index (χ2n) is 4.79. The third-order valence-corrected chi connectivity index (χ3v) is 2.58. The maximum atomic E-state index is 11.3. The Morgan fingerprint density at radius 2 is 1.33 bits per heavy atom. The summed E-state index contributed by atoms with van der Waals surface area (Å²) in [5.41, 5.74) is 0. The normalized spacial score (nSPS) is 24.6. The maximum Gasteiger partial charge on any atom is 0.330 e. The first-order chi connectivity index (χ1) is 9.88. The lowest BCUT2D eigenvalue weighted by atomic mass is 10.2. The van der Waals surface area contributed by atoms with Crippen LogP contribution in [-0.4, -0.2) is 43.1 Å². The van der Waals surface area contributed by atoms with Crippen molar-refractivity contribution in [3.8, 4) is 0 Å². The summed E-state index contributed by atoms with van der Waals surface area (Å²) in [4.78, 5) is 22.6. The molecule has 1 heterocycles. The second-order valence-corrected chi connectivity index (χ2v) is 4.79. The van der Waals surface area contributed by atoms with Gasteiger partial charge in [-0.25, -0.2) is 9.59 Å². The monoisotopic (exact) mass is 298 g/mol. The molecule has 1 aliphatic heterocycles. The smallest absolute Gasteiger partial charge is 0.330 e. The molecule has 0 unspecified atom stereocenters. The third kappa shape index (κ3) is 6.10. The summed E-state index contributed by atoms with van der Waals surface area (Å²) in [6.45, 7) is 7.60. The molecule has 0 amide bonds. The minimum absolute atomic E-state index is 0.308. The van der Waals surface area contributed by atoms with Crippen molar-refractivity contribution in [1.29, 1.82) is 0 Å². The molecule has 0 N–H and O–H groups in total. The number of hydrogen-bond donors (Lipinski definition) is 0. The molecular weight excluding hydrogens is 276 g/mol. The van der Waals surface area contributed by atoms with Gasteiger partial charge in [-0.3, -0.25) is 0 Å². The van der Waals surface area contributed by atoms with E-state index in [9.17, 15) is 9.59 Å². The molecule has 1 fully saturated rings. The highest BCUT2D eigenvalue weighted by Gasteiger charge is 2.38. The Morgan fingerprint density at radius 1 is 0.952 bits per heavy atom. The minimum atomic E-state index is -0.798. The van der Waals surface area contributed by atoms with Crippen LogP contribution < -0.4 is 0 Å². The van der Waals surface area contributed by atoms with Crippen LogP contribution in [0.1, 0.15) is 27.7 Å². The standard InChI is InChI=1S/C15H22O6/c1-5-18-13(16)9-7-11-12(21-15(3,4)20-11)8-10-14(17)19-6-2/h7-12H,5-6H2,1-4H3/b9-7-,10-8+/t11-,12+/m0/s1. The number of hydrogen-bond acceptors (Lipinski definition) is 6. The van der Waals surface area contributed by atoms with Gasteiger partial charge >= 0.3 is 11.9 Å². The van der Waals surface area contributed by atoms with E-state index in [-0.39, 0.29) is 0 Å². The number of rotatable bonds is 6. The molecule has 21 heavy (non-hydrogen) atoms. The van der Waals surface area contributed by atoms with Crippen LogP contribution in [0.2, 0.25) is 0 Å². The third-order valence-electron chi connectivity index (χ3n) is 2.58. The first-order valence-corrected chi connectivity index (χ1v) is 6.93. The highest BCUT2D eigenvalue weighted by Crippen LogP contribution is 2.29. The van der Waals surface area contributed by atoms with Crippen molar-refractivity contribution in [3.63, 3.8) is 0 Å². The Kier molecular flexibility index (Phi) is 6.58. The Morgan fingerprint density at radius 3 is 1.67 bits per heavy atom. The van der Waals surface area contributed by atoms with Gasteiger partial charge in [0.05, 0.1) is 13.2 Å². The number of esters is 2. The van der Waals surface area contributed by atoms with Crippen molar-refractivity contribution in [1.82, 2.24) is 0 Å². The van der Waals surface area contributed by atoms with Crippen LogP contribution in [-0.2, 0) is 28.5 Å². The van der Waals surface area contributed by atoms with Crippen molar-refractivity contribution in [3.05, 3.63) is 24.3 Å². The van der Waals surface area contributed by atoms with E-state index in [0.717, 1.165) is 0 Å². The molecule has 0 radical (unpaired) electrons. The van der Waals surface area contributed by atoms with E-state index in [4.69, 9.17) is 18.9 Å². The lowest BCUT2D eigenvalue weighted by molar-refractivity contribution is -0.141. The van der Waals surface area contributed by atoms with Crippen molar-refractivity contribution in [2.24, 2.45) is 0 Å². The van der Waals surface area contributed by atoms with Crippen molar-refractivity contribution >= 4 is 11.9 Å². The minimum Gasteiger partial charge on any atom is -0.463 e. The van der Waals surface area contributed by atoms with Gasteiger partial charge in [0.15, 0.2) is 5.79 Å². The average Bonchev–Trinajstić information content (AvgIpc) is 2.69. The summed E-state index contributed by atoms with van der Waals surface area (Å²) in [6, 6.07) is 0. The van der Waals surface area contributed by atoms with Gasteiger partial charge in [-0.05, 0) is 39.8 Å². The van der Waals surface area contributed by atoms with Crippen molar-refractivity contribution in [2.45, 2.75) is 45.7 Å². The van der Waals surface area contributed by atoms with Gasteiger partial charge in [0.1, 0.15) is 12.2 Å². The second kappa shape index (κ2) is 7.95. The zero-order valence-corrected chi connectivity index (χ0v) is 12.8. The molecule has 0 aromatic heterocycles. The first kappa shape index (κ1) is 17.4. The molecule has 1 saturated heterocycles. The summed E-state index contributed by atoms with van der Waals surface area (Å²) in [7, 11) is 0. The fraction of sp³-hybridized carbons (Fsp3) is 0.600. The molecule has 1 rings (SSSR count). The van der Waals surface area contributed by atoms with Gasteiger partial charge in [-0.2, -0.15) is 0 Å². The molecule has 6 heteroatoms. The van der Waals surface area contributed by atoms with E-state index in [0.29, 0.717) is 13.2 Å². The summed E-state index contributed by atoms with van der Waals surface area (Å²) in [5, 5.41) is 0.